The minimum Gasteiger partial charge on any atom is -0.452 e. The predicted molar refractivity (Wildman–Crippen MR) is 103 cm³/mol. The van der Waals surface area contributed by atoms with E-state index in [1.165, 1.54) is 6.42 Å². The van der Waals surface area contributed by atoms with Crippen LogP contribution in [0.1, 0.15) is 45.1 Å². The first-order valence-electron chi connectivity index (χ1n) is 9.51. The van der Waals surface area contributed by atoms with Crippen LogP contribution in [0.2, 0.25) is 0 Å². The molecule has 2 aromatic rings. The largest absolute Gasteiger partial charge is 0.452 e. The molecule has 1 amide bonds. The molecular weight excluding hydrogens is 326 g/mol. The van der Waals surface area contributed by atoms with Crippen LogP contribution in [0.25, 0.3) is 10.8 Å². The Morgan fingerprint density at radius 2 is 1.85 bits per heavy atom. The van der Waals surface area contributed by atoms with E-state index in [0.717, 1.165) is 35.6 Å². The predicted octanol–water partition coefficient (Wildman–Crippen LogP) is 4.01. The van der Waals surface area contributed by atoms with E-state index in [2.05, 4.69) is 12.2 Å². The number of esters is 1. The van der Waals surface area contributed by atoms with Crippen molar-refractivity contribution in [3.05, 3.63) is 48.0 Å². The van der Waals surface area contributed by atoms with Crippen molar-refractivity contribution in [2.24, 2.45) is 5.92 Å². The third kappa shape index (κ3) is 4.43. The molecule has 138 valence electrons. The lowest BCUT2D eigenvalue weighted by molar-refractivity contribution is -0.154. The van der Waals surface area contributed by atoms with Gasteiger partial charge in [0, 0.05) is 6.04 Å². The average Bonchev–Trinajstić information content (AvgIpc) is 2.64. The first-order chi connectivity index (χ1) is 12.5. The lowest BCUT2D eigenvalue weighted by Gasteiger charge is -2.30. The molecule has 0 bridgehead atoms. The third-order valence-corrected chi connectivity index (χ3v) is 5.33. The van der Waals surface area contributed by atoms with Crippen LogP contribution in [0.5, 0.6) is 0 Å². The van der Waals surface area contributed by atoms with Gasteiger partial charge >= 0.3 is 5.97 Å². The number of amides is 1. The zero-order chi connectivity index (χ0) is 18.5. The summed E-state index contributed by atoms with van der Waals surface area (Å²) in [5.41, 5.74) is 0.918. The second-order valence-corrected chi connectivity index (χ2v) is 7.32. The molecule has 26 heavy (non-hydrogen) atoms. The van der Waals surface area contributed by atoms with E-state index in [9.17, 15) is 9.59 Å². The number of hydrogen-bond acceptors (Lipinski definition) is 3. The highest BCUT2D eigenvalue weighted by Crippen LogP contribution is 2.24. The number of benzene rings is 2. The Balaban J connectivity index is 1.57. The van der Waals surface area contributed by atoms with Gasteiger partial charge in [0.25, 0.3) is 5.91 Å². The Morgan fingerprint density at radius 3 is 2.65 bits per heavy atom. The Kier molecular flexibility index (Phi) is 5.92. The molecule has 4 heteroatoms. The molecule has 0 saturated heterocycles. The van der Waals surface area contributed by atoms with Crippen molar-refractivity contribution < 1.29 is 14.3 Å². The number of carbonyl (C=O) groups excluding carboxylic acids is 2. The molecule has 3 rings (SSSR count). The molecule has 1 fully saturated rings. The highest BCUT2D eigenvalue weighted by molar-refractivity contribution is 5.90. The van der Waals surface area contributed by atoms with Crippen LogP contribution in [-0.2, 0) is 20.7 Å². The number of nitrogens with one attached hydrogen (secondary N) is 1. The minimum absolute atomic E-state index is 0.165. The summed E-state index contributed by atoms with van der Waals surface area (Å²) in [5.74, 6) is -0.0954. The third-order valence-electron chi connectivity index (χ3n) is 5.33. The Bertz CT molecular complexity index is 781. The molecular formula is C22H27NO3. The second-order valence-electron chi connectivity index (χ2n) is 7.32. The number of rotatable bonds is 5. The van der Waals surface area contributed by atoms with Crippen LogP contribution in [-0.4, -0.2) is 24.0 Å². The summed E-state index contributed by atoms with van der Waals surface area (Å²) in [5, 5.41) is 5.19. The Hall–Kier alpha value is -2.36. The molecule has 0 spiro atoms. The van der Waals surface area contributed by atoms with Crippen molar-refractivity contribution in [3.8, 4) is 0 Å². The van der Waals surface area contributed by atoms with E-state index < -0.39 is 6.10 Å². The molecule has 0 unspecified atom stereocenters. The summed E-state index contributed by atoms with van der Waals surface area (Å²) in [7, 11) is 0. The van der Waals surface area contributed by atoms with Gasteiger partial charge in [-0.1, -0.05) is 62.2 Å². The number of hydrogen-bond donors (Lipinski definition) is 1. The van der Waals surface area contributed by atoms with Crippen LogP contribution in [0.15, 0.2) is 42.5 Å². The molecule has 1 aliphatic rings. The quantitative estimate of drug-likeness (QED) is 0.827. The monoisotopic (exact) mass is 353 g/mol. The summed E-state index contributed by atoms with van der Waals surface area (Å²) in [6.07, 6.45) is 3.91. The molecule has 0 heterocycles. The molecule has 1 aliphatic carbocycles. The van der Waals surface area contributed by atoms with E-state index in [1.807, 2.05) is 42.5 Å². The maximum absolute atomic E-state index is 12.4. The molecule has 4 nitrogen and oxygen atoms in total. The fraction of sp³-hybridized carbons (Fsp3) is 0.455. The smallest absolute Gasteiger partial charge is 0.311 e. The van der Waals surface area contributed by atoms with Gasteiger partial charge in [-0.15, -0.1) is 0 Å². The summed E-state index contributed by atoms with van der Waals surface area (Å²) in [6.45, 7) is 3.81. The SMILES string of the molecule is C[C@@H]1CCCC[C@@H]1NC(=O)[C@@H](C)OC(=O)Cc1cccc2ccccc12. The zero-order valence-electron chi connectivity index (χ0n) is 15.5. The van der Waals surface area contributed by atoms with Crippen molar-refractivity contribution in [1.29, 1.82) is 0 Å². The number of carbonyl (C=O) groups is 2. The van der Waals surface area contributed by atoms with E-state index in [4.69, 9.17) is 4.74 Å². The van der Waals surface area contributed by atoms with Crippen molar-refractivity contribution in [3.63, 3.8) is 0 Å². The van der Waals surface area contributed by atoms with Crippen molar-refractivity contribution in [2.75, 3.05) is 0 Å². The highest BCUT2D eigenvalue weighted by atomic mass is 16.5. The molecule has 3 atom stereocenters. The standard InChI is InChI=1S/C22H27NO3/c1-15-8-3-6-13-20(15)23-22(25)16(2)26-21(24)14-18-11-7-10-17-9-4-5-12-19(17)18/h4-5,7,9-12,15-16,20H,3,6,8,13-14H2,1-2H3,(H,23,25)/t15-,16-,20+/m1/s1. The zero-order valence-corrected chi connectivity index (χ0v) is 15.5. The Labute approximate surface area is 154 Å². The second kappa shape index (κ2) is 8.35. The summed E-state index contributed by atoms with van der Waals surface area (Å²) < 4.78 is 5.39. The van der Waals surface area contributed by atoms with Gasteiger partial charge in [-0.2, -0.15) is 0 Å². The lowest BCUT2D eigenvalue weighted by atomic mass is 9.86. The van der Waals surface area contributed by atoms with Gasteiger partial charge in [0.1, 0.15) is 0 Å². The average molecular weight is 353 g/mol. The number of ether oxygens (including phenoxy) is 1. The van der Waals surface area contributed by atoms with Crippen molar-refractivity contribution in [2.45, 2.75) is 58.1 Å². The van der Waals surface area contributed by atoms with Crippen molar-refractivity contribution >= 4 is 22.6 Å². The van der Waals surface area contributed by atoms with E-state index in [1.54, 1.807) is 6.92 Å². The van der Waals surface area contributed by atoms with Gasteiger partial charge < -0.3 is 10.1 Å². The summed E-state index contributed by atoms with van der Waals surface area (Å²) in [4.78, 5) is 24.7. The topological polar surface area (TPSA) is 55.4 Å². The normalized spacial score (nSPS) is 21.2. The van der Waals surface area contributed by atoms with Crippen molar-refractivity contribution in [1.82, 2.24) is 5.32 Å². The summed E-state index contributed by atoms with van der Waals surface area (Å²) in [6, 6.07) is 14.0. The van der Waals surface area contributed by atoms with Gasteiger partial charge in [0.2, 0.25) is 0 Å². The van der Waals surface area contributed by atoms with Gasteiger partial charge in [0.15, 0.2) is 6.10 Å². The lowest BCUT2D eigenvalue weighted by Crippen LogP contribution is -2.46. The van der Waals surface area contributed by atoms with Gasteiger partial charge in [-0.05, 0) is 42.0 Å². The van der Waals surface area contributed by atoms with Crippen LogP contribution in [0.4, 0.5) is 0 Å². The first-order valence-corrected chi connectivity index (χ1v) is 9.51. The number of fused-ring (bicyclic) bond motifs is 1. The van der Waals surface area contributed by atoms with Crippen LogP contribution < -0.4 is 5.32 Å². The highest BCUT2D eigenvalue weighted by Gasteiger charge is 2.26. The minimum atomic E-state index is -0.772. The van der Waals surface area contributed by atoms with Crippen LogP contribution in [0.3, 0.4) is 0 Å². The summed E-state index contributed by atoms with van der Waals surface area (Å²) >= 11 is 0. The first kappa shape index (κ1) is 18.4. The fourth-order valence-corrected chi connectivity index (χ4v) is 3.73. The maximum Gasteiger partial charge on any atom is 0.311 e. The van der Waals surface area contributed by atoms with Crippen LogP contribution in [0, 0.1) is 5.92 Å². The van der Waals surface area contributed by atoms with Gasteiger partial charge in [0.05, 0.1) is 6.42 Å². The van der Waals surface area contributed by atoms with E-state index in [-0.39, 0.29) is 24.3 Å². The molecule has 1 saturated carbocycles. The Morgan fingerprint density at radius 1 is 1.12 bits per heavy atom. The molecule has 0 radical (unpaired) electrons. The fourth-order valence-electron chi connectivity index (χ4n) is 3.73. The van der Waals surface area contributed by atoms with E-state index >= 15 is 0 Å². The van der Waals surface area contributed by atoms with Gasteiger partial charge in [-0.3, -0.25) is 9.59 Å². The van der Waals surface area contributed by atoms with E-state index in [0.29, 0.717) is 5.92 Å². The van der Waals surface area contributed by atoms with Crippen LogP contribution >= 0.6 is 0 Å². The van der Waals surface area contributed by atoms with Gasteiger partial charge in [-0.25, -0.2) is 0 Å². The molecule has 0 aromatic heterocycles. The molecule has 1 N–H and O–H groups in total. The molecule has 0 aliphatic heterocycles. The molecule has 2 aromatic carbocycles. The maximum atomic E-state index is 12.4.